The van der Waals surface area contributed by atoms with E-state index in [2.05, 4.69) is 45.1 Å². The molecule has 17 heavy (non-hydrogen) atoms. The lowest BCUT2D eigenvalue weighted by Crippen LogP contribution is -2.15. The van der Waals surface area contributed by atoms with Gasteiger partial charge in [0.05, 0.1) is 23.9 Å². The first-order chi connectivity index (χ1) is 7.86. The predicted octanol–water partition coefficient (Wildman–Crippen LogP) is 3.38. The molecule has 2 heterocycles. The molecule has 0 radical (unpaired) electrons. The second-order valence-electron chi connectivity index (χ2n) is 5.35. The van der Waals surface area contributed by atoms with Crippen molar-refractivity contribution in [2.45, 2.75) is 46.5 Å². The van der Waals surface area contributed by atoms with Gasteiger partial charge in [0.1, 0.15) is 0 Å². The zero-order valence-electron chi connectivity index (χ0n) is 11.0. The maximum atomic E-state index is 9.00. The second kappa shape index (κ2) is 3.85. The van der Waals surface area contributed by atoms with E-state index in [1.165, 1.54) is 10.6 Å². The molecule has 0 spiro atoms. The van der Waals surface area contributed by atoms with Crippen molar-refractivity contribution in [3.05, 3.63) is 22.0 Å². The van der Waals surface area contributed by atoms with E-state index in [1.54, 1.807) is 11.3 Å². The van der Waals surface area contributed by atoms with Crippen LogP contribution >= 0.6 is 11.3 Å². The smallest absolute Gasteiger partial charge is 0.194 e. The van der Waals surface area contributed by atoms with E-state index < -0.39 is 0 Å². The zero-order valence-corrected chi connectivity index (χ0v) is 11.8. The van der Waals surface area contributed by atoms with Crippen LogP contribution in [0.15, 0.2) is 0 Å². The molecule has 2 aromatic rings. The Kier molecular flexibility index (Phi) is 2.75. The molecule has 0 saturated heterocycles. The van der Waals surface area contributed by atoms with Crippen molar-refractivity contribution in [2.24, 2.45) is 0 Å². The monoisotopic (exact) mass is 247 g/mol. The highest BCUT2D eigenvalue weighted by Crippen LogP contribution is 2.31. The lowest BCUT2D eigenvalue weighted by atomic mass is 9.90. The maximum absolute atomic E-state index is 9.00. The minimum atomic E-state index is -0.0156. The minimum absolute atomic E-state index is 0.0156. The molecule has 0 unspecified atom stereocenters. The first-order valence-electron chi connectivity index (χ1n) is 5.71. The number of nitriles is 1. The molecule has 0 amide bonds. The molecule has 0 aromatic carbocycles. The number of hydrogen-bond acceptors (Lipinski definition) is 3. The Morgan fingerprint density at radius 2 is 2.00 bits per heavy atom. The first-order valence-corrected chi connectivity index (χ1v) is 6.52. The summed E-state index contributed by atoms with van der Waals surface area (Å²) in [6, 6.07) is 2.26. The molecule has 4 heteroatoms. The van der Waals surface area contributed by atoms with Gasteiger partial charge in [-0.25, -0.2) is 4.98 Å². The van der Waals surface area contributed by atoms with E-state index in [9.17, 15) is 0 Å². The van der Waals surface area contributed by atoms with Gasteiger partial charge in [-0.2, -0.15) is 5.26 Å². The average molecular weight is 247 g/mol. The summed E-state index contributed by atoms with van der Waals surface area (Å²) in [5.41, 5.74) is 3.29. The fraction of sp³-hybridized carbons (Fsp3) is 0.538. The number of rotatable bonds is 1. The zero-order chi connectivity index (χ0) is 12.8. The molecule has 0 atom stereocenters. The van der Waals surface area contributed by atoms with Gasteiger partial charge in [0, 0.05) is 16.0 Å². The topological polar surface area (TPSA) is 41.1 Å². The van der Waals surface area contributed by atoms with Crippen molar-refractivity contribution in [3.8, 4) is 6.07 Å². The summed E-state index contributed by atoms with van der Waals surface area (Å²) in [6.07, 6.45) is 0.421. The van der Waals surface area contributed by atoms with Crippen LogP contribution in [0.2, 0.25) is 0 Å². The van der Waals surface area contributed by atoms with Gasteiger partial charge in [-0.15, -0.1) is 11.3 Å². The van der Waals surface area contributed by atoms with Gasteiger partial charge in [0.2, 0.25) is 0 Å². The van der Waals surface area contributed by atoms with Crippen LogP contribution in [0, 0.1) is 25.2 Å². The fourth-order valence-corrected chi connectivity index (χ4v) is 3.04. The number of aryl methyl sites for hydroxylation is 2. The molecule has 0 saturated carbocycles. The number of aromatic nitrogens is 2. The first kappa shape index (κ1) is 12.1. The number of imidazole rings is 1. The highest BCUT2D eigenvalue weighted by Gasteiger charge is 2.25. The second-order valence-corrected chi connectivity index (χ2v) is 6.54. The van der Waals surface area contributed by atoms with Crippen LogP contribution < -0.4 is 0 Å². The van der Waals surface area contributed by atoms with Crippen molar-refractivity contribution >= 4 is 16.3 Å². The summed E-state index contributed by atoms with van der Waals surface area (Å²) < 4.78 is 2.14. The molecule has 0 fully saturated rings. The predicted molar refractivity (Wildman–Crippen MR) is 70.6 cm³/mol. The summed E-state index contributed by atoms with van der Waals surface area (Å²) in [7, 11) is 0. The van der Waals surface area contributed by atoms with E-state index >= 15 is 0 Å². The van der Waals surface area contributed by atoms with Crippen LogP contribution in [0.5, 0.6) is 0 Å². The molecular weight excluding hydrogens is 230 g/mol. The quantitative estimate of drug-likeness (QED) is 0.775. The Balaban J connectivity index is 2.79. The van der Waals surface area contributed by atoms with Crippen molar-refractivity contribution in [3.63, 3.8) is 0 Å². The lowest BCUT2D eigenvalue weighted by Gasteiger charge is -2.17. The van der Waals surface area contributed by atoms with Gasteiger partial charge >= 0.3 is 0 Å². The van der Waals surface area contributed by atoms with Gasteiger partial charge < -0.3 is 0 Å². The Morgan fingerprint density at radius 1 is 1.35 bits per heavy atom. The van der Waals surface area contributed by atoms with Gasteiger partial charge in [-0.1, -0.05) is 20.8 Å². The third kappa shape index (κ3) is 1.85. The van der Waals surface area contributed by atoms with Crippen LogP contribution in [0.4, 0.5) is 0 Å². The average Bonchev–Trinajstić information content (AvgIpc) is 2.67. The summed E-state index contributed by atoms with van der Waals surface area (Å²) in [6.45, 7) is 10.6. The molecule has 2 aromatic heterocycles. The molecule has 0 aliphatic heterocycles. The molecule has 3 nitrogen and oxygen atoms in total. The van der Waals surface area contributed by atoms with Gasteiger partial charge in [-0.3, -0.25) is 4.40 Å². The molecular formula is C13H17N3S. The molecule has 90 valence electrons. The van der Waals surface area contributed by atoms with Crippen LogP contribution in [0.25, 0.3) is 4.96 Å². The molecule has 0 aliphatic carbocycles. The van der Waals surface area contributed by atoms with Crippen molar-refractivity contribution in [1.29, 1.82) is 5.26 Å². The number of fused-ring (bicyclic) bond motifs is 1. The van der Waals surface area contributed by atoms with Crippen molar-refractivity contribution in [2.75, 3.05) is 0 Å². The molecule has 2 rings (SSSR count). The Bertz CT molecular complexity index is 605. The van der Waals surface area contributed by atoms with E-state index in [4.69, 9.17) is 10.2 Å². The SMILES string of the molecule is Cc1sc2nc(C(C)(C)C)c(CC#N)n2c1C. The van der Waals surface area contributed by atoms with E-state index in [1.807, 2.05) is 0 Å². The summed E-state index contributed by atoms with van der Waals surface area (Å²) >= 11 is 1.70. The molecule has 0 bridgehead atoms. The van der Waals surface area contributed by atoms with E-state index in [-0.39, 0.29) is 5.41 Å². The largest absolute Gasteiger partial charge is 0.290 e. The van der Waals surface area contributed by atoms with Crippen molar-refractivity contribution < 1.29 is 0 Å². The van der Waals surface area contributed by atoms with Crippen LogP contribution in [-0.4, -0.2) is 9.38 Å². The summed E-state index contributed by atoms with van der Waals surface area (Å²) in [4.78, 5) is 6.99. The fourth-order valence-electron chi connectivity index (χ4n) is 2.05. The highest BCUT2D eigenvalue weighted by molar-refractivity contribution is 7.17. The number of nitrogens with zero attached hydrogens (tertiary/aromatic N) is 3. The van der Waals surface area contributed by atoms with Gasteiger partial charge in [0.15, 0.2) is 4.96 Å². The third-order valence-electron chi connectivity index (χ3n) is 2.99. The third-order valence-corrected chi connectivity index (χ3v) is 4.05. The van der Waals surface area contributed by atoms with E-state index in [0.29, 0.717) is 6.42 Å². The summed E-state index contributed by atoms with van der Waals surface area (Å²) in [5.74, 6) is 0. The van der Waals surface area contributed by atoms with Crippen LogP contribution in [-0.2, 0) is 11.8 Å². The van der Waals surface area contributed by atoms with Gasteiger partial charge in [0.25, 0.3) is 0 Å². The van der Waals surface area contributed by atoms with E-state index in [0.717, 1.165) is 16.3 Å². The standard InChI is InChI=1S/C13H17N3S/c1-8-9(2)17-12-15-11(13(3,4)5)10(6-7-14)16(8)12/h6H2,1-5H3. The highest BCUT2D eigenvalue weighted by atomic mass is 32.1. The molecule has 0 aliphatic rings. The lowest BCUT2D eigenvalue weighted by molar-refractivity contribution is 0.566. The maximum Gasteiger partial charge on any atom is 0.194 e. The normalized spacial score (nSPS) is 12.0. The number of hydrogen-bond donors (Lipinski definition) is 0. The van der Waals surface area contributed by atoms with Gasteiger partial charge in [-0.05, 0) is 13.8 Å². The summed E-state index contributed by atoms with van der Waals surface area (Å²) in [5, 5.41) is 9.00. The molecule has 0 N–H and O–H groups in total. The minimum Gasteiger partial charge on any atom is -0.290 e. The number of thiazole rings is 1. The van der Waals surface area contributed by atoms with Crippen LogP contribution in [0.1, 0.15) is 42.7 Å². The Morgan fingerprint density at radius 3 is 2.53 bits per heavy atom. The Labute approximate surface area is 106 Å². The van der Waals surface area contributed by atoms with Crippen molar-refractivity contribution in [1.82, 2.24) is 9.38 Å². The Hall–Kier alpha value is -1.34. The van der Waals surface area contributed by atoms with Crippen LogP contribution in [0.3, 0.4) is 0 Å².